The molecule has 0 atom stereocenters. The van der Waals surface area contributed by atoms with Crippen LogP contribution in [0, 0.1) is 13.8 Å². The maximum atomic E-state index is 6.82. The number of fused-ring (bicyclic) bond motifs is 2. The molecule has 1 heterocycles. The molecule has 0 fully saturated rings. The number of aryl methyl sites for hydroxylation is 2. The summed E-state index contributed by atoms with van der Waals surface area (Å²) in [5, 5.41) is 0. The van der Waals surface area contributed by atoms with Gasteiger partial charge >= 0.3 is 8.53 Å². The Morgan fingerprint density at radius 1 is 0.742 bits per heavy atom. The van der Waals surface area contributed by atoms with E-state index in [2.05, 4.69) is 98.2 Å². The van der Waals surface area contributed by atoms with Crippen molar-refractivity contribution in [2.24, 2.45) is 0 Å². The molecular formula is C27H40NO2P. The molecule has 3 nitrogen and oxygen atoms in total. The molecule has 0 aromatic heterocycles. The highest BCUT2D eigenvalue weighted by Crippen LogP contribution is 2.53. The van der Waals surface area contributed by atoms with E-state index in [9.17, 15) is 0 Å². The highest BCUT2D eigenvalue weighted by molar-refractivity contribution is 7.45. The summed E-state index contributed by atoms with van der Waals surface area (Å²) in [4.78, 5) is 0. The fraction of sp³-hybridized carbons (Fsp3) is 0.556. The predicted molar refractivity (Wildman–Crippen MR) is 134 cm³/mol. The van der Waals surface area contributed by atoms with E-state index >= 15 is 0 Å². The molecule has 0 N–H and O–H groups in total. The normalized spacial score (nSPS) is 14.9. The van der Waals surface area contributed by atoms with Crippen molar-refractivity contribution in [2.75, 3.05) is 13.1 Å². The van der Waals surface area contributed by atoms with Crippen molar-refractivity contribution in [3.05, 3.63) is 57.6 Å². The van der Waals surface area contributed by atoms with Gasteiger partial charge in [-0.3, -0.25) is 0 Å². The molecule has 0 saturated carbocycles. The molecule has 31 heavy (non-hydrogen) atoms. The predicted octanol–water partition coefficient (Wildman–Crippen LogP) is 7.83. The lowest BCUT2D eigenvalue weighted by molar-refractivity contribution is 0.358. The van der Waals surface area contributed by atoms with Gasteiger partial charge in [0.1, 0.15) is 11.5 Å². The van der Waals surface area contributed by atoms with Crippen LogP contribution in [-0.2, 0) is 17.3 Å². The average Bonchev–Trinajstić information content (AvgIpc) is 2.62. The standard InChI is InChI=1S/C27H40NO2P/c1-11-28(12-2)31-29-24-20(13-18(3)15-22(24)26(5,6)7)17-21-14-19(4)16-23(25(21)30-31)27(8,9)10/h13-16H,11-12,17H2,1-10H3. The Balaban J connectivity index is 2.31. The summed E-state index contributed by atoms with van der Waals surface area (Å²) >= 11 is 0. The number of hydrogen-bond donors (Lipinski definition) is 0. The fourth-order valence-corrected chi connectivity index (χ4v) is 5.71. The number of rotatable bonds is 3. The SMILES string of the molecule is CCN(CC)P1Oc2c(cc(C)cc2C(C)(C)C)Cc2cc(C)cc(C(C)(C)C)c2O1. The Hall–Kier alpha value is -1.57. The lowest BCUT2D eigenvalue weighted by atomic mass is 9.81. The van der Waals surface area contributed by atoms with Gasteiger partial charge in [0.05, 0.1) is 0 Å². The second kappa shape index (κ2) is 8.75. The van der Waals surface area contributed by atoms with Gasteiger partial charge in [0.25, 0.3) is 0 Å². The smallest absolute Gasteiger partial charge is 0.384 e. The van der Waals surface area contributed by atoms with E-state index in [0.717, 1.165) is 31.0 Å². The van der Waals surface area contributed by atoms with Crippen LogP contribution in [0.5, 0.6) is 11.5 Å². The van der Waals surface area contributed by atoms with Crippen LogP contribution in [0.2, 0.25) is 0 Å². The fourth-order valence-electron chi connectivity index (χ4n) is 4.24. The maximum absolute atomic E-state index is 6.82. The molecule has 0 unspecified atom stereocenters. The zero-order chi connectivity index (χ0) is 23.1. The van der Waals surface area contributed by atoms with Crippen molar-refractivity contribution in [3.8, 4) is 11.5 Å². The highest BCUT2D eigenvalue weighted by Gasteiger charge is 2.34. The van der Waals surface area contributed by atoms with E-state index in [4.69, 9.17) is 9.05 Å². The van der Waals surface area contributed by atoms with E-state index in [-0.39, 0.29) is 10.8 Å². The molecule has 3 rings (SSSR count). The largest absolute Gasteiger partial charge is 0.426 e. The van der Waals surface area contributed by atoms with Crippen molar-refractivity contribution in [1.29, 1.82) is 0 Å². The molecule has 0 spiro atoms. The van der Waals surface area contributed by atoms with Gasteiger partial charge in [0.2, 0.25) is 0 Å². The van der Waals surface area contributed by atoms with Gasteiger partial charge < -0.3 is 9.05 Å². The topological polar surface area (TPSA) is 21.7 Å². The van der Waals surface area contributed by atoms with Crippen LogP contribution in [-0.4, -0.2) is 17.8 Å². The molecular weight excluding hydrogens is 401 g/mol. The van der Waals surface area contributed by atoms with Gasteiger partial charge in [-0.1, -0.05) is 90.8 Å². The van der Waals surface area contributed by atoms with Crippen LogP contribution in [0.4, 0.5) is 0 Å². The van der Waals surface area contributed by atoms with Crippen molar-refractivity contribution >= 4 is 8.53 Å². The second-order valence-corrected chi connectivity index (χ2v) is 12.2. The molecule has 0 aliphatic carbocycles. The number of hydrogen-bond acceptors (Lipinski definition) is 3. The first-order valence-electron chi connectivity index (χ1n) is 11.5. The summed E-state index contributed by atoms with van der Waals surface area (Å²) < 4.78 is 15.9. The van der Waals surface area contributed by atoms with Crippen LogP contribution in [0.25, 0.3) is 0 Å². The van der Waals surface area contributed by atoms with E-state index < -0.39 is 8.53 Å². The quantitative estimate of drug-likeness (QED) is 0.453. The van der Waals surface area contributed by atoms with E-state index in [1.807, 2.05) is 0 Å². The zero-order valence-corrected chi connectivity index (χ0v) is 22.0. The molecule has 0 saturated heterocycles. The first-order valence-corrected chi connectivity index (χ1v) is 12.7. The molecule has 2 aromatic carbocycles. The van der Waals surface area contributed by atoms with Crippen LogP contribution >= 0.6 is 8.53 Å². The third-order valence-electron chi connectivity index (χ3n) is 5.92. The van der Waals surface area contributed by atoms with E-state index in [1.54, 1.807) is 0 Å². The molecule has 1 aliphatic rings. The molecule has 4 heteroatoms. The Morgan fingerprint density at radius 3 is 1.45 bits per heavy atom. The first-order chi connectivity index (χ1) is 14.3. The minimum atomic E-state index is -1.26. The van der Waals surface area contributed by atoms with Gasteiger partial charge in [-0.15, -0.1) is 0 Å². The molecule has 0 amide bonds. The summed E-state index contributed by atoms with van der Waals surface area (Å²) in [7, 11) is -1.26. The zero-order valence-electron chi connectivity index (χ0n) is 21.1. The first kappa shape index (κ1) is 24.1. The third-order valence-corrected chi connectivity index (χ3v) is 7.62. The van der Waals surface area contributed by atoms with Crippen molar-refractivity contribution in [3.63, 3.8) is 0 Å². The van der Waals surface area contributed by atoms with Crippen LogP contribution in [0.15, 0.2) is 24.3 Å². The highest BCUT2D eigenvalue weighted by atomic mass is 31.2. The Bertz CT molecular complexity index is 878. The summed E-state index contributed by atoms with van der Waals surface area (Å²) in [6.45, 7) is 24.1. The lowest BCUT2D eigenvalue weighted by Crippen LogP contribution is -2.26. The van der Waals surface area contributed by atoms with Crippen LogP contribution < -0.4 is 9.05 Å². The third kappa shape index (κ3) is 5.10. The number of nitrogens with zero attached hydrogens (tertiary/aromatic N) is 1. The Labute approximate surface area is 191 Å². The van der Waals surface area contributed by atoms with Gasteiger partial charge in [0, 0.05) is 30.6 Å². The number of benzene rings is 2. The Kier molecular flexibility index (Phi) is 6.80. The van der Waals surface area contributed by atoms with Crippen molar-refractivity contribution in [1.82, 2.24) is 4.67 Å². The van der Waals surface area contributed by atoms with E-state index in [0.29, 0.717) is 0 Å². The summed E-state index contributed by atoms with van der Waals surface area (Å²) in [5.41, 5.74) is 7.60. The Morgan fingerprint density at radius 2 is 1.13 bits per heavy atom. The van der Waals surface area contributed by atoms with Crippen LogP contribution in [0.3, 0.4) is 0 Å². The summed E-state index contributed by atoms with van der Waals surface area (Å²) in [5.74, 6) is 2.03. The monoisotopic (exact) mass is 441 g/mol. The molecule has 1 aliphatic heterocycles. The summed E-state index contributed by atoms with van der Waals surface area (Å²) in [6, 6.07) is 9.17. The summed E-state index contributed by atoms with van der Waals surface area (Å²) in [6.07, 6.45) is 0.821. The van der Waals surface area contributed by atoms with Gasteiger partial charge in [0.15, 0.2) is 0 Å². The average molecular weight is 442 g/mol. The van der Waals surface area contributed by atoms with E-state index in [1.165, 1.54) is 33.4 Å². The van der Waals surface area contributed by atoms with Gasteiger partial charge in [-0.25, -0.2) is 4.67 Å². The minimum Gasteiger partial charge on any atom is -0.426 e. The molecule has 0 radical (unpaired) electrons. The minimum absolute atomic E-state index is 0.00837. The van der Waals surface area contributed by atoms with Crippen molar-refractivity contribution < 1.29 is 9.05 Å². The van der Waals surface area contributed by atoms with Crippen LogP contribution in [0.1, 0.15) is 88.8 Å². The molecule has 170 valence electrons. The molecule has 0 bridgehead atoms. The van der Waals surface area contributed by atoms with Gasteiger partial charge in [-0.05, 0) is 35.8 Å². The van der Waals surface area contributed by atoms with Crippen molar-refractivity contribution in [2.45, 2.75) is 86.5 Å². The molecule has 2 aromatic rings. The second-order valence-electron chi connectivity index (χ2n) is 10.8. The maximum Gasteiger partial charge on any atom is 0.384 e. The van der Waals surface area contributed by atoms with Gasteiger partial charge in [-0.2, -0.15) is 0 Å². The lowest BCUT2D eigenvalue weighted by Gasteiger charge is -2.35.